The molecule has 21 heavy (non-hydrogen) atoms. The van der Waals surface area contributed by atoms with E-state index in [1.165, 1.54) is 0 Å². The van der Waals surface area contributed by atoms with E-state index in [1.54, 1.807) is 45.0 Å². The summed E-state index contributed by atoms with van der Waals surface area (Å²) in [6.45, 7) is 5.07. The number of carbonyl (C=O) groups excluding carboxylic acids is 1. The first kappa shape index (κ1) is 17.5. The molecule has 0 heterocycles. The highest BCUT2D eigenvalue weighted by molar-refractivity contribution is 9.10. The van der Waals surface area contributed by atoms with Gasteiger partial charge in [0.25, 0.3) is 0 Å². The zero-order valence-corrected chi connectivity index (χ0v) is 13.5. The van der Waals surface area contributed by atoms with Crippen molar-refractivity contribution in [2.75, 3.05) is 0 Å². The second-order valence-electron chi connectivity index (χ2n) is 5.46. The number of nitrogens with one attached hydrogen (secondary N) is 1. The zero-order chi connectivity index (χ0) is 16.2. The standard InChI is InChI=1S/C14H18BrNO5/c1-14(2,3)21-13(20)16-10(11(17)12(18)19)8-4-6-9(15)7-5-8/h4-7,10-11,17H,1-3H3,(H,16,20)(H,18,19)/t10-,11-/m0/s1. The molecule has 3 N–H and O–H groups in total. The SMILES string of the molecule is CC(C)(C)OC(=O)N[C@@H](c1ccc(Br)cc1)[C@H](O)C(=O)O. The fourth-order valence-corrected chi connectivity index (χ4v) is 1.86. The fraction of sp³-hybridized carbons (Fsp3) is 0.429. The van der Waals surface area contributed by atoms with Gasteiger partial charge in [-0.2, -0.15) is 0 Å². The van der Waals surface area contributed by atoms with Gasteiger partial charge in [0.15, 0.2) is 6.10 Å². The molecule has 0 spiro atoms. The summed E-state index contributed by atoms with van der Waals surface area (Å²) in [5, 5.41) is 21.1. The first-order valence-corrected chi connectivity index (χ1v) is 7.05. The van der Waals surface area contributed by atoms with Crippen LogP contribution in [0.1, 0.15) is 32.4 Å². The Morgan fingerprint density at radius 1 is 1.24 bits per heavy atom. The molecule has 7 heteroatoms. The second kappa shape index (κ2) is 6.91. The van der Waals surface area contributed by atoms with E-state index in [2.05, 4.69) is 21.2 Å². The Hall–Kier alpha value is -1.60. The predicted molar refractivity (Wildman–Crippen MR) is 79.9 cm³/mol. The van der Waals surface area contributed by atoms with Crippen molar-refractivity contribution in [3.63, 3.8) is 0 Å². The van der Waals surface area contributed by atoms with Gasteiger partial charge in [0.05, 0.1) is 6.04 Å². The minimum Gasteiger partial charge on any atom is -0.479 e. The van der Waals surface area contributed by atoms with E-state index in [0.717, 1.165) is 4.47 Å². The third-order valence-electron chi connectivity index (χ3n) is 2.47. The molecule has 0 radical (unpaired) electrons. The van der Waals surface area contributed by atoms with E-state index < -0.39 is 29.8 Å². The molecular weight excluding hydrogens is 342 g/mol. The van der Waals surface area contributed by atoms with Gasteiger partial charge in [0.1, 0.15) is 5.60 Å². The molecule has 0 aliphatic rings. The third-order valence-corrected chi connectivity index (χ3v) is 3.00. The summed E-state index contributed by atoms with van der Waals surface area (Å²) in [6.07, 6.45) is -2.57. The van der Waals surface area contributed by atoms with E-state index >= 15 is 0 Å². The second-order valence-corrected chi connectivity index (χ2v) is 6.37. The molecule has 0 unspecified atom stereocenters. The van der Waals surface area contributed by atoms with Crippen molar-refractivity contribution in [2.45, 2.75) is 38.5 Å². The van der Waals surface area contributed by atoms with Crippen LogP contribution in [0.3, 0.4) is 0 Å². The molecule has 1 aromatic rings. The molecule has 0 aliphatic carbocycles. The molecule has 0 fully saturated rings. The van der Waals surface area contributed by atoms with E-state index in [4.69, 9.17) is 9.84 Å². The van der Waals surface area contributed by atoms with Gasteiger partial charge in [-0.05, 0) is 38.5 Å². The highest BCUT2D eigenvalue weighted by Gasteiger charge is 2.30. The molecule has 1 rings (SSSR count). The van der Waals surface area contributed by atoms with Crippen LogP contribution < -0.4 is 5.32 Å². The number of carbonyl (C=O) groups is 2. The molecule has 0 aliphatic heterocycles. The maximum atomic E-state index is 11.8. The van der Waals surface area contributed by atoms with Crippen molar-refractivity contribution in [1.82, 2.24) is 5.32 Å². The average molecular weight is 360 g/mol. The van der Waals surface area contributed by atoms with Crippen LogP contribution in [-0.4, -0.2) is 34.0 Å². The Kier molecular flexibility index (Phi) is 5.74. The number of halogens is 1. The Morgan fingerprint density at radius 3 is 2.19 bits per heavy atom. The largest absolute Gasteiger partial charge is 0.479 e. The van der Waals surface area contributed by atoms with Gasteiger partial charge < -0.3 is 20.3 Å². The van der Waals surface area contributed by atoms with Crippen LogP contribution >= 0.6 is 15.9 Å². The van der Waals surface area contributed by atoms with Crippen LogP contribution in [0, 0.1) is 0 Å². The van der Waals surface area contributed by atoms with Crippen LogP contribution in [0.2, 0.25) is 0 Å². The number of amides is 1. The van der Waals surface area contributed by atoms with Crippen molar-refractivity contribution in [3.05, 3.63) is 34.3 Å². The summed E-state index contributed by atoms with van der Waals surface area (Å²) < 4.78 is 5.88. The topological polar surface area (TPSA) is 95.9 Å². The number of aliphatic hydroxyl groups is 1. The lowest BCUT2D eigenvalue weighted by Crippen LogP contribution is -2.42. The average Bonchev–Trinajstić information content (AvgIpc) is 2.34. The van der Waals surface area contributed by atoms with Crippen molar-refractivity contribution in [1.29, 1.82) is 0 Å². The molecule has 0 saturated heterocycles. The summed E-state index contributed by atoms with van der Waals surface area (Å²) in [6, 6.07) is 5.49. The van der Waals surface area contributed by atoms with Gasteiger partial charge in [-0.1, -0.05) is 28.1 Å². The normalized spacial score (nSPS) is 14.1. The summed E-state index contributed by atoms with van der Waals surface area (Å²) in [7, 11) is 0. The first-order valence-electron chi connectivity index (χ1n) is 6.26. The lowest BCUT2D eigenvalue weighted by atomic mass is 10.0. The summed E-state index contributed by atoms with van der Waals surface area (Å²) >= 11 is 3.26. The number of aliphatic carboxylic acids is 1. The number of carboxylic acids is 1. The molecule has 2 atom stereocenters. The van der Waals surface area contributed by atoms with Crippen LogP contribution in [-0.2, 0) is 9.53 Å². The lowest BCUT2D eigenvalue weighted by molar-refractivity contribution is -0.148. The van der Waals surface area contributed by atoms with Crippen molar-refractivity contribution < 1.29 is 24.5 Å². The van der Waals surface area contributed by atoms with Gasteiger partial charge in [-0.15, -0.1) is 0 Å². The number of carboxylic acid groups (broad SMARTS) is 1. The molecule has 1 aromatic carbocycles. The van der Waals surface area contributed by atoms with Crippen LogP contribution in [0.5, 0.6) is 0 Å². The Labute approximate surface area is 131 Å². The number of ether oxygens (including phenoxy) is 1. The summed E-state index contributed by atoms with van der Waals surface area (Å²) in [5.41, 5.74) is -0.262. The van der Waals surface area contributed by atoms with Crippen molar-refractivity contribution >= 4 is 28.0 Å². The van der Waals surface area contributed by atoms with Crippen LogP contribution in [0.25, 0.3) is 0 Å². The highest BCUT2D eigenvalue weighted by Crippen LogP contribution is 2.21. The number of hydrogen-bond donors (Lipinski definition) is 3. The Balaban J connectivity index is 2.95. The Morgan fingerprint density at radius 2 is 1.76 bits per heavy atom. The molecule has 0 saturated carbocycles. The lowest BCUT2D eigenvalue weighted by Gasteiger charge is -2.25. The van der Waals surface area contributed by atoms with Gasteiger partial charge in [0, 0.05) is 4.47 Å². The monoisotopic (exact) mass is 359 g/mol. The van der Waals surface area contributed by atoms with Gasteiger partial charge in [-0.3, -0.25) is 0 Å². The van der Waals surface area contributed by atoms with E-state index in [-0.39, 0.29) is 0 Å². The number of benzene rings is 1. The number of alkyl carbamates (subject to hydrolysis) is 1. The maximum Gasteiger partial charge on any atom is 0.408 e. The van der Waals surface area contributed by atoms with Crippen molar-refractivity contribution in [2.24, 2.45) is 0 Å². The Bertz CT molecular complexity index is 509. The fourth-order valence-electron chi connectivity index (χ4n) is 1.59. The minimum absolute atomic E-state index is 0.457. The summed E-state index contributed by atoms with van der Waals surface area (Å²) in [4.78, 5) is 22.8. The molecule has 6 nitrogen and oxygen atoms in total. The van der Waals surface area contributed by atoms with Crippen molar-refractivity contribution in [3.8, 4) is 0 Å². The van der Waals surface area contributed by atoms with E-state index in [0.29, 0.717) is 5.56 Å². The number of hydrogen-bond acceptors (Lipinski definition) is 4. The smallest absolute Gasteiger partial charge is 0.408 e. The van der Waals surface area contributed by atoms with Crippen LogP contribution in [0.15, 0.2) is 28.7 Å². The van der Waals surface area contributed by atoms with Crippen LogP contribution in [0.4, 0.5) is 4.79 Å². The molecule has 0 aromatic heterocycles. The van der Waals surface area contributed by atoms with E-state index in [1.807, 2.05) is 0 Å². The molecule has 1 amide bonds. The van der Waals surface area contributed by atoms with Gasteiger partial charge in [-0.25, -0.2) is 9.59 Å². The number of aliphatic hydroxyl groups excluding tert-OH is 1. The predicted octanol–water partition coefficient (Wildman–Crippen LogP) is 2.46. The molecule has 0 bridgehead atoms. The maximum absolute atomic E-state index is 11.8. The summed E-state index contributed by atoms with van der Waals surface area (Å²) in [5.74, 6) is -1.43. The number of rotatable bonds is 4. The first-order chi connectivity index (χ1) is 9.60. The molecule has 116 valence electrons. The quantitative estimate of drug-likeness (QED) is 0.767. The molecular formula is C14H18BrNO5. The highest BCUT2D eigenvalue weighted by atomic mass is 79.9. The van der Waals surface area contributed by atoms with Gasteiger partial charge in [0.2, 0.25) is 0 Å². The zero-order valence-electron chi connectivity index (χ0n) is 12.0. The third kappa shape index (κ3) is 5.73. The van der Waals surface area contributed by atoms with Gasteiger partial charge >= 0.3 is 12.1 Å². The minimum atomic E-state index is -1.78. The van der Waals surface area contributed by atoms with E-state index in [9.17, 15) is 14.7 Å².